The summed E-state index contributed by atoms with van der Waals surface area (Å²) >= 11 is 0. The molecule has 5 fully saturated rings. The summed E-state index contributed by atoms with van der Waals surface area (Å²) in [6.45, 7) is 9.89. The third kappa shape index (κ3) is 33.9. The van der Waals surface area contributed by atoms with Crippen LogP contribution in [0.1, 0.15) is 232 Å². The Morgan fingerprint density at radius 1 is 0.300 bits per heavy atom. The zero-order chi connectivity index (χ0) is 108. The second kappa shape index (κ2) is 59.5. The zero-order valence-corrected chi connectivity index (χ0v) is 88.3. The van der Waals surface area contributed by atoms with E-state index in [4.69, 9.17) is 97.0 Å². The van der Waals surface area contributed by atoms with Crippen LogP contribution in [-0.2, 0) is 150 Å². The van der Waals surface area contributed by atoms with Crippen LogP contribution in [0, 0.1) is 88.8 Å². The number of carbonyl (C=O) groups excluding carboxylic acids is 5. The number of fused-ring (bicyclic) bond motifs is 10. The summed E-state index contributed by atoms with van der Waals surface area (Å²) in [5.41, 5.74) is 11.1. The van der Waals surface area contributed by atoms with Gasteiger partial charge in [0, 0.05) is 20.8 Å². The lowest BCUT2D eigenvalue weighted by Crippen LogP contribution is -2.30. The smallest absolute Gasteiger partial charge is 0.482 e. The molecule has 35 heteroatoms. The molecule has 0 unspecified atom stereocenters. The highest BCUT2D eigenvalue weighted by atomic mass is 16.7. The molecule has 15 rings (SSSR count). The number of benzene rings is 5. The lowest BCUT2D eigenvalue weighted by molar-refractivity contribution is -0.157. The Kier molecular flexibility index (Phi) is 47.4. The average molecular weight is 2100 g/mol. The fourth-order valence-corrected chi connectivity index (χ4v) is 25.4. The molecule has 0 heterocycles. The van der Waals surface area contributed by atoms with Crippen molar-refractivity contribution in [1.82, 2.24) is 0 Å². The molecular weight excluding hydrogens is 1940 g/mol. The third-order valence-corrected chi connectivity index (χ3v) is 32.7. The molecular formula is C115H160O35. The fourth-order valence-electron chi connectivity index (χ4n) is 25.4. The molecule has 0 aromatic heterocycles. The lowest BCUT2D eigenvalue weighted by atomic mass is 9.73. The quantitative estimate of drug-likeness (QED) is 0.0127. The number of ether oxygens (including phenoxy) is 14. The number of aliphatic hydroxyl groups excluding tert-OH is 6. The van der Waals surface area contributed by atoms with Crippen LogP contribution in [0.25, 0.3) is 0 Å². The van der Waals surface area contributed by atoms with Crippen LogP contribution in [0.5, 0.6) is 28.7 Å². The maximum atomic E-state index is 12.3. The number of carboxylic acid groups (broad SMARTS) is 5. The molecule has 0 spiro atoms. The molecule has 5 aromatic rings. The van der Waals surface area contributed by atoms with Gasteiger partial charge in [-0.3, -0.25) is 4.79 Å². The number of aliphatic hydroxyl groups is 6. The molecule has 35 nitrogen and oxygen atoms in total. The van der Waals surface area contributed by atoms with Crippen molar-refractivity contribution in [2.45, 2.75) is 302 Å². The maximum Gasteiger partial charge on any atom is 0.508 e. The van der Waals surface area contributed by atoms with Gasteiger partial charge in [-0.15, -0.1) is 0 Å². The van der Waals surface area contributed by atoms with Crippen LogP contribution in [0.15, 0.2) is 91.0 Å². The number of hydrogen-bond donors (Lipinski definition) is 11. The Balaban J connectivity index is 0.000000178. The molecule has 25 atom stereocenters. The van der Waals surface area contributed by atoms with Crippen LogP contribution < -0.4 is 23.7 Å². The number of carboxylic acids is 5. The van der Waals surface area contributed by atoms with Gasteiger partial charge < -0.3 is 122 Å². The van der Waals surface area contributed by atoms with Gasteiger partial charge in [0.15, 0.2) is 33.0 Å². The monoisotopic (exact) mass is 2100 g/mol. The minimum absolute atomic E-state index is 0.0416. The van der Waals surface area contributed by atoms with Gasteiger partial charge in [0.1, 0.15) is 79.1 Å². The normalized spacial score (nSPS) is 25.8. The first-order valence-electron chi connectivity index (χ1n) is 54.0. The predicted octanol–water partition coefficient (Wildman–Crippen LogP) is 13.8. The molecule has 830 valence electrons. The molecule has 5 saturated carbocycles. The number of hydrogen-bond acceptors (Lipinski definition) is 30. The van der Waals surface area contributed by atoms with Crippen LogP contribution in [-0.4, -0.2) is 264 Å². The summed E-state index contributed by atoms with van der Waals surface area (Å²) in [6.07, 6.45) is 19.5. The van der Waals surface area contributed by atoms with Gasteiger partial charge in [-0.05, 0) is 374 Å². The van der Waals surface area contributed by atoms with E-state index in [9.17, 15) is 73.5 Å². The van der Waals surface area contributed by atoms with Crippen LogP contribution in [0.3, 0.4) is 0 Å². The summed E-state index contributed by atoms with van der Waals surface area (Å²) in [5.74, 6) is 0.801. The fraction of sp³-hybridized carbons (Fsp3) is 0.652. The van der Waals surface area contributed by atoms with Crippen molar-refractivity contribution in [3.8, 4) is 28.7 Å². The Bertz CT molecular complexity index is 4940. The number of esters is 4. The van der Waals surface area contributed by atoms with Crippen LogP contribution in [0.2, 0.25) is 0 Å². The van der Waals surface area contributed by atoms with Gasteiger partial charge in [-0.2, -0.15) is 0 Å². The minimum Gasteiger partial charge on any atom is -0.482 e. The molecule has 0 aliphatic heterocycles. The first kappa shape index (κ1) is 119. The largest absolute Gasteiger partial charge is 0.508 e. The van der Waals surface area contributed by atoms with E-state index in [-0.39, 0.29) is 167 Å². The second-order valence-corrected chi connectivity index (χ2v) is 41.9. The highest BCUT2D eigenvalue weighted by Crippen LogP contribution is 2.56. The second-order valence-electron chi connectivity index (χ2n) is 41.9. The van der Waals surface area contributed by atoms with E-state index in [0.717, 1.165) is 161 Å². The van der Waals surface area contributed by atoms with Gasteiger partial charge in [-0.25, -0.2) is 43.2 Å². The molecule has 150 heavy (non-hydrogen) atoms. The summed E-state index contributed by atoms with van der Waals surface area (Å²) in [6, 6.07) is 28.9. The molecule has 11 N–H and O–H groups in total. The Morgan fingerprint density at radius 2 is 0.540 bits per heavy atom. The van der Waals surface area contributed by atoms with E-state index < -0.39 is 48.6 Å². The van der Waals surface area contributed by atoms with Gasteiger partial charge in [0.05, 0.1) is 50.7 Å². The summed E-state index contributed by atoms with van der Waals surface area (Å²) < 4.78 is 76.1. The number of carbonyl (C=O) groups is 10. The van der Waals surface area contributed by atoms with E-state index >= 15 is 0 Å². The Hall–Kier alpha value is -10.8. The molecule has 5 aromatic carbocycles. The number of methoxy groups -OCH3 is 3. The Morgan fingerprint density at radius 3 is 0.760 bits per heavy atom. The predicted molar refractivity (Wildman–Crippen MR) is 547 cm³/mol. The molecule has 0 radical (unpaired) electrons. The number of rotatable bonds is 49. The standard InChI is InChI=1S/2C24H34O7.C23H32O7.2C22H30O7/c1-3-17(25)7-8-18-19-11-15-5-4-6-21(30-14-23(26)27)20(15)12-16(19)13-22(18)31-24(28)9-10-29-2;1-3-17(25)8-9-18-19-10-15-6-5-7-21(30-13-23(26)27)20(15)11-16(19)12-22(18)31-24(28)14-29-4-2;1-3-16(24)7-8-17-18-9-14-5-4-6-20(29-12-22(25)26)19(14)10-15(18)11-21(17)30-23(27)13-28-2;1-3-15(23)7-8-16-17-9-13-5-4-6-19(28-12-21(24)25)18(13)10-14(17)11-20(16)29-22(26)27-2;1-2-15(24)6-7-16-17-8-13-4-3-5-19(28-12-21(25)26)18(13)9-14(17)10-20(16)29-22(27)11-23/h4-6,16-19,22,25H,3,7-14H2,1-2H3,(H,26,27);5-7,16-19,22,25H,3-4,8-14H2,1-2H3,(H,26,27);4-6,15-18,21,24H,3,7-13H2,1-2H3,(H,25,26);4-6,14-17,20,23H,3,7-12H2,1-2H3,(H,24,25);3-5,14-17,20,23-24H,2,6-12H2,1H3,(H,25,26)/t2*16-,17-,18+,19-,22+;15-,16-,17+,18-,21+;2*14-,15-,16+,17-,20+/m00000/s1. The van der Waals surface area contributed by atoms with E-state index in [1.807, 2.05) is 102 Å². The molecule has 10 aliphatic rings. The maximum absolute atomic E-state index is 12.3. The Labute approximate surface area is 879 Å². The van der Waals surface area contributed by atoms with Crippen molar-refractivity contribution in [2.24, 2.45) is 88.8 Å². The lowest BCUT2D eigenvalue weighted by Gasteiger charge is -2.32. The molecule has 0 amide bonds. The van der Waals surface area contributed by atoms with Gasteiger partial charge in [0.2, 0.25) is 0 Å². The van der Waals surface area contributed by atoms with E-state index in [2.05, 4.69) is 24.3 Å². The van der Waals surface area contributed by atoms with Crippen molar-refractivity contribution in [2.75, 3.05) is 87.4 Å². The van der Waals surface area contributed by atoms with Crippen molar-refractivity contribution in [3.05, 3.63) is 147 Å². The minimum atomic E-state index is -1.01. The van der Waals surface area contributed by atoms with Gasteiger partial charge >= 0.3 is 59.9 Å². The van der Waals surface area contributed by atoms with Gasteiger partial charge in [-0.1, -0.05) is 95.3 Å². The SMILES string of the molecule is CCOCC(=O)O[C@@H]1C[C@@H]2Cc3c(cccc3OCC(=O)O)C[C@@H]2[C@H]1CC[C@@H](O)CC.CC[C@H](O)CC[C@@H]1[C@H]2Cc3cccc(OCC(=O)O)c3C[C@H]2C[C@H]1OC(=O)CCOC.CC[C@H](O)CC[C@@H]1[C@H]2Cc3cccc(OCC(=O)O)c3C[C@H]2C[C@H]1OC(=O)CO.CC[C@H](O)CC[C@@H]1[C@H]2Cc3cccc(OCC(=O)O)c3C[C@H]2C[C@H]1OC(=O)COC.CC[C@H](O)CC[C@@H]1[C@H]2Cc3cccc(OCC(=O)O)c3C[C@H]2C[C@H]1OC(=O)OC. The average Bonchev–Trinajstić information content (AvgIpc) is 1.64. The highest BCUT2D eigenvalue weighted by molar-refractivity contribution is 5.73. The molecule has 0 bridgehead atoms. The van der Waals surface area contributed by atoms with Crippen molar-refractivity contribution in [1.29, 1.82) is 0 Å². The third-order valence-electron chi connectivity index (χ3n) is 32.7. The summed E-state index contributed by atoms with van der Waals surface area (Å²) in [4.78, 5) is 115. The first-order valence-corrected chi connectivity index (χ1v) is 54.0. The zero-order valence-electron chi connectivity index (χ0n) is 88.3. The molecule has 0 saturated heterocycles. The van der Waals surface area contributed by atoms with Crippen molar-refractivity contribution < 1.29 is 170 Å². The number of aliphatic carboxylic acids is 5. The van der Waals surface area contributed by atoms with Crippen LogP contribution >= 0.6 is 0 Å². The van der Waals surface area contributed by atoms with Crippen molar-refractivity contribution >= 4 is 59.9 Å². The van der Waals surface area contributed by atoms with E-state index in [1.165, 1.54) is 30.9 Å². The van der Waals surface area contributed by atoms with Gasteiger partial charge in [0.25, 0.3) is 0 Å². The van der Waals surface area contributed by atoms with Crippen LogP contribution in [0.4, 0.5) is 4.79 Å². The van der Waals surface area contributed by atoms with E-state index in [0.29, 0.717) is 166 Å². The van der Waals surface area contributed by atoms with E-state index in [1.54, 1.807) is 13.2 Å². The topological polar surface area (TPSA) is 522 Å². The summed E-state index contributed by atoms with van der Waals surface area (Å²) in [5, 5.41) is 104. The van der Waals surface area contributed by atoms with Crippen molar-refractivity contribution in [3.63, 3.8) is 0 Å². The first-order chi connectivity index (χ1) is 72.1. The highest BCUT2D eigenvalue weighted by Gasteiger charge is 2.54. The summed E-state index contributed by atoms with van der Waals surface area (Å²) in [7, 11) is 4.34. The molecule has 10 aliphatic carbocycles.